The molecule has 2 aromatic carbocycles. The van der Waals surface area contributed by atoms with Gasteiger partial charge in [-0.05, 0) is 43.5 Å². The molecule has 7 heteroatoms. The number of methoxy groups -OCH3 is 2. The van der Waals surface area contributed by atoms with Crippen molar-refractivity contribution in [1.29, 1.82) is 0 Å². The number of anilines is 1. The predicted octanol–water partition coefficient (Wildman–Crippen LogP) is 1.54. The van der Waals surface area contributed by atoms with Crippen molar-refractivity contribution in [1.82, 2.24) is 0 Å². The molecule has 0 bridgehead atoms. The first-order valence-corrected chi connectivity index (χ1v) is 10.7. The fraction of sp³-hybridized carbons (Fsp3) is 0.417. The van der Waals surface area contributed by atoms with Gasteiger partial charge >= 0.3 is 0 Å². The van der Waals surface area contributed by atoms with Gasteiger partial charge in [-0.15, -0.1) is 0 Å². The van der Waals surface area contributed by atoms with E-state index in [1.807, 2.05) is 12.1 Å². The molecule has 2 aliphatic heterocycles. The average Bonchev–Trinajstić information content (AvgIpc) is 3.01. The highest BCUT2D eigenvalue weighted by Crippen LogP contribution is 2.42. The second kappa shape index (κ2) is 8.69. The van der Waals surface area contributed by atoms with Crippen molar-refractivity contribution in [2.45, 2.75) is 31.3 Å². The molecule has 2 N–H and O–H groups in total. The van der Waals surface area contributed by atoms with Crippen LogP contribution in [0.25, 0.3) is 0 Å². The summed E-state index contributed by atoms with van der Waals surface area (Å²) in [4.78, 5) is 29.5. The SMILES string of the molecule is COc1ccc(C(=O)C[C@]2(O)C(=O)N(C[NH+]3CCCCC3)c3ccccc32)cc1OC. The second-order valence-corrected chi connectivity index (χ2v) is 8.25. The number of piperidine rings is 1. The number of aliphatic hydroxyl groups is 1. The molecular weight excluding hydrogens is 396 g/mol. The van der Waals surface area contributed by atoms with Crippen LogP contribution in [0.15, 0.2) is 42.5 Å². The number of benzene rings is 2. The molecule has 0 unspecified atom stereocenters. The minimum absolute atomic E-state index is 0.329. The molecule has 31 heavy (non-hydrogen) atoms. The first-order valence-electron chi connectivity index (χ1n) is 10.7. The molecule has 4 rings (SSSR count). The molecule has 2 heterocycles. The second-order valence-electron chi connectivity index (χ2n) is 8.25. The molecule has 1 atom stereocenters. The normalized spacial score (nSPS) is 21.1. The Morgan fingerprint density at radius 1 is 1.06 bits per heavy atom. The van der Waals surface area contributed by atoms with Crippen LogP contribution in [-0.4, -0.2) is 50.8 Å². The number of nitrogens with zero attached hydrogens (tertiary/aromatic N) is 1. The maximum Gasteiger partial charge on any atom is 0.268 e. The van der Waals surface area contributed by atoms with Crippen LogP contribution in [0.2, 0.25) is 0 Å². The number of hydrogen-bond acceptors (Lipinski definition) is 5. The van der Waals surface area contributed by atoms with E-state index in [0.717, 1.165) is 25.9 Å². The van der Waals surface area contributed by atoms with Crippen LogP contribution in [0, 0.1) is 0 Å². The summed E-state index contributed by atoms with van der Waals surface area (Å²) < 4.78 is 10.5. The molecule has 1 saturated heterocycles. The third-order valence-corrected chi connectivity index (χ3v) is 6.30. The van der Waals surface area contributed by atoms with E-state index in [2.05, 4.69) is 0 Å². The number of para-hydroxylation sites is 1. The van der Waals surface area contributed by atoms with Crippen LogP contribution in [-0.2, 0) is 10.4 Å². The van der Waals surface area contributed by atoms with Crippen molar-refractivity contribution in [2.24, 2.45) is 0 Å². The number of ether oxygens (including phenoxy) is 2. The third-order valence-electron chi connectivity index (χ3n) is 6.30. The summed E-state index contributed by atoms with van der Waals surface area (Å²) >= 11 is 0. The lowest BCUT2D eigenvalue weighted by Crippen LogP contribution is -3.14. The summed E-state index contributed by atoms with van der Waals surface area (Å²) in [6.07, 6.45) is 3.17. The van der Waals surface area contributed by atoms with Crippen molar-refractivity contribution in [3.8, 4) is 11.5 Å². The number of likely N-dealkylation sites (tertiary alicyclic amines) is 1. The molecule has 1 amide bonds. The first-order chi connectivity index (χ1) is 15.0. The molecule has 7 nitrogen and oxygen atoms in total. The molecule has 0 saturated carbocycles. The number of carbonyl (C=O) groups is 2. The van der Waals surface area contributed by atoms with Gasteiger partial charge in [0.05, 0.1) is 39.4 Å². The van der Waals surface area contributed by atoms with E-state index < -0.39 is 11.5 Å². The molecule has 2 aliphatic rings. The lowest BCUT2D eigenvalue weighted by Gasteiger charge is -2.29. The monoisotopic (exact) mass is 425 g/mol. The number of nitrogens with one attached hydrogen (secondary N) is 1. The smallest absolute Gasteiger partial charge is 0.268 e. The minimum atomic E-state index is -1.88. The summed E-state index contributed by atoms with van der Waals surface area (Å²) in [5, 5.41) is 11.5. The lowest BCUT2D eigenvalue weighted by molar-refractivity contribution is -0.903. The van der Waals surface area contributed by atoms with Gasteiger partial charge in [0.25, 0.3) is 5.91 Å². The summed E-state index contributed by atoms with van der Waals surface area (Å²) in [7, 11) is 3.02. The molecule has 0 radical (unpaired) electrons. The fourth-order valence-electron chi connectivity index (χ4n) is 4.61. The van der Waals surface area contributed by atoms with E-state index in [4.69, 9.17) is 9.47 Å². The molecule has 0 aromatic heterocycles. The number of fused-ring (bicyclic) bond motifs is 1. The fourth-order valence-corrected chi connectivity index (χ4v) is 4.61. The zero-order chi connectivity index (χ0) is 22.0. The Bertz CT molecular complexity index is 986. The molecular formula is C24H29N2O5+. The average molecular weight is 426 g/mol. The lowest BCUT2D eigenvalue weighted by atomic mass is 9.88. The number of amides is 1. The number of rotatable bonds is 7. The van der Waals surface area contributed by atoms with Crippen LogP contribution < -0.4 is 19.3 Å². The number of carbonyl (C=O) groups excluding carboxylic acids is 2. The Hall–Kier alpha value is -2.90. The Morgan fingerprint density at radius 3 is 2.48 bits per heavy atom. The van der Waals surface area contributed by atoms with Crippen molar-refractivity contribution < 1.29 is 29.1 Å². The Labute approximate surface area is 182 Å². The topological polar surface area (TPSA) is 80.5 Å². The third kappa shape index (κ3) is 3.91. The largest absolute Gasteiger partial charge is 0.493 e. The van der Waals surface area contributed by atoms with Gasteiger partial charge in [-0.2, -0.15) is 0 Å². The van der Waals surface area contributed by atoms with Crippen LogP contribution in [0.5, 0.6) is 11.5 Å². The van der Waals surface area contributed by atoms with Gasteiger partial charge in [0.2, 0.25) is 0 Å². The van der Waals surface area contributed by atoms with Crippen LogP contribution in [0.4, 0.5) is 5.69 Å². The van der Waals surface area contributed by atoms with Crippen molar-refractivity contribution in [2.75, 3.05) is 38.9 Å². The highest BCUT2D eigenvalue weighted by molar-refractivity contribution is 6.10. The van der Waals surface area contributed by atoms with Gasteiger partial charge in [0.1, 0.15) is 0 Å². The number of hydrogen-bond donors (Lipinski definition) is 2. The number of Topliss-reactive ketones (excluding diaryl/α,β-unsaturated/α-hetero) is 1. The van der Waals surface area contributed by atoms with Gasteiger partial charge in [-0.25, -0.2) is 0 Å². The van der Waals surface area contributed by atoms with E-state index in [1.54, 1.807) is 35.2 Å². The Balaban J connectivity index is 1.61. The van der Waals surface area contributed by atoms with E-state index in [-0.39, 0.29) is 12.2 Å². The van der Waals surface area contributed by atoms with Crippen molar-refractivity contribution in [3.05, 3.63) is 53.6 Å². The van der Waals surface area contributed by atoms with Gasteiger partial charge in [0, 0.05) is 11.1 Å². The van der Waals surface area contributed by atoms with E-state index in [0.29, 0.717) is 35.0 Å². The highest BCUT2D eigenvalue weighted by atomic mass is 16.5. The molecule has 2 aromatic rings. The summed E-state index contributed by atoms with van der Waals surface area (Å²) in [5.41, 5.74) is -0.342. The molecule has 0 aliphatic carbocycles. The van der Waals surface area contributed by atoms with Gasteiger partial charge in [-0.3, -0.25) is 14.5 Å². The van der Waals surface area contributed by atoms with Crippen molar-refractivity contribution >= 4 is 17.4 Å². The minimum Gasteiger partial charge on any atom is -0.493 e. The van der Waals surface area contributed by atoms with Crippen molar-refractivity contribution in [3.63, 3.8) is 0 Å². The Morgan fingerprint density at radius 2 is 1.77 bits per heavy atom. The zero-order valence-corrected chi connectivity index (χ0v) is 18.0. The van der Waals surface area contributed by atoms with Gasteiger partial charge in [0.15, 0.2) is 29.6 Å². The predicted molar refractivity (Wildman–Crippen MR) is 116 cm³/mol. The van der Waals surface area contributed by atoms with Crippen LogP contribution in [0.3, 0.4) is 0 Å². The van der Waals surface area contributed by atoms with Crippen LogP contribution in [0.1, 0.15) is 41.6 Å². The van der Waals surface area contributed by atoms with E-state index in [1.165, 1.54) is 25.5 Å². The van der Waals surface area contributed by atoms with E-state index >= 15 is 0 Å². The zero-order valence-electron chi connectivity index (χ0n) is 18.0. The maximum atomic E-state index is 13.4. The maximum absolute atomic E-state index is 13.4. The Kier molecular flexibility index (Phi) is 5.98. The summed E-state index contributed by atoms with van der Waals surface area (Å²) in [6.45, 7) is 2.52. The summed E-state index contributed by atoms with van der Waals surface area (Å²) in [6, 6.07) is 12.1. The first kappa shape index (κ1) is 21.3. The van der Waals surface area contributed by atoms with Gasteiger partial charge < -0.3 is 19.5 Å². The number of quaternary nitrogens is 1. The quantitative estimate of drug-likeness (QED) is 0.658. The van der Waals surface area contributed by atoms with Gasteiger partial charge in [-0.1, -0.05) is 18.2 Å². The summed E-state index contributed by atoms with van der Waals surface area (Å²) in [5.74, 6) is 0.170. The molecule has 1 fully saturated rings. The molecule has 0 spiro atoms. The highest BCUT2D eigenvalue weighted by Gasteiger charge is 2.51. The van der Waals surface area contributed by atoms with E-state index in [9.17, 15) is 14.7 Å². The van der Waals surface area contributed by atoms with Crippen LogP contribution >= 0.6 is 0 Å². The number of ketones is 1. The standard InChI is InChI=1S/C24H28N2O5/c1-30-21-11-10-17(14-22(21)31-2)20(27)15-24(29)18-8-4-5-9-19(18)26(23(24)28)16-25-12-6-3-7-13-25/h4-5,8-11,14,29H,3,6-7,12-13,15-16H2,1-2H3/p+1/t24-/m1/s1. The molecule has 164 valence electrons.